The zero-order valence-corrected chi connectivity index (χ0v) is 13.5. The van der Waals surface area contributed by atoms with Crippen molar-refractivity contribution in [3.8, 4) is 0 Å². The van der Waals surface area contributed by atoms with Crippen molar-refractivity contribution in [2.24, 2.45) is 7.05 Å². The van der Waals surface area contributed by atoms with Crippen molar-refractivity contribution in [2.45, 2.75) is 46.6 Å². The van der Waals surface area contributed by atoms with Gasteiger partial charge in [-0.1, -0.05) is 32.9 Å². The van der Waals surface area contributed by atoms with Crippen LogP contribution >= 0.6 is 0 Å². The van der Waals surface area contributed by atoms with Gasteiger partial charge in [-0.15, -0.1) is 0 Å². The fourth-order valence-electron chi connectivity index (χ4n) is 2.40. The number of hydrogen-bond donors (Lipinski definition) is 1. The quantitative estimate of drug-likeness (QED) is 0.865. The van der Waals surface area contributed by atoms with Gasteiger partial charge in [0.25, 0.3) is 0 Å². The van der Waals surface area contributed by atoms with Crippen molar-refractivity contribution in [2.75, 3.05) is 5.32 Å². The van der Waals surface area contributed by atoms with Gasteiger partial charge in [-0.2, -0.15) is 0 Å². The molecule has 0 saturated carbocycles. The van der Waals surface area contributed by atoms with Crippen LogP contribution in [0.4, 0.5) is 5.69 Å². The topological polar surface area (TPSA) is 17.0 Å². The summed E-state index contributed by atoms with van der Waals surface area (Å²) < 4.78 is 2.24. The first kappa shape index (κ1) is 14.7. The van der Waals surface area contributed by atoms with E-state index in [1.54, 1.807) is 0 Å². The lowest BCUT2D eigenvalue weighted by molar-refractivity contribution is 0.590. The van der Waals surface area contributed by atoms with Crippen molar-refractivity contribution >= 4 is 5.69 Å². The molecule has 20 heavy (non-hydrogen) atoms. The largest absolute Gasteiger partial charge is 0.381 e. The van der Waals surface area contributed by atoms with Crippen LogP contribution in [0.25, 0.3) is 0 Å². The molecule has 0 amide bonds. The van der Waals surface area contributed by atoms with Gasteiger partial charge < -0.3 is 9.88 Å². The maximum atomic E-state index is 3.51. The third-order valence-corrected chi connectivity index (χ3v) is 4.11. The van der Waals surface area contributed by atoms with Crippen LogP contribution in [0.3, 0.4) is 0 Å². The number of anilines is 1. The number of aryl methyl sites for hydroxylation is 1. The van der Waals surface area contributed by atoms with Gasteiger partial charge in [0.1, 0.15) is 0 Å². The lowest BCUT2D eigenvalue weighted by atomic mass is 9.87. The lowest BCUT2D eigenvalue weighted by Gasteiger charge is -2.19. The van der Waals surface area contributed by atoms with Crippen LogP contribution in [0.1, 0.15) is 43.3 Å². The SMILES string of the molecule is Cc1cc(CNc2ccc(C(C)(C)C)cc2)c(C)n1C. The van der Waals surface area contributed by atoms with E-state index in [9.17, 15) is 0 Å². The van der Waals surface area contributed by atoms with E-state index < -0.39 is 0 Å². The minimum atomic E-state index is 0.214. The minimum absolute atomic E-state index is 0.214. The highest BCUT2D eigenvalue weighted by atomic mass is 15.0. The monoisotopic (exact) mass is 270 g/mol. The zero-order valence-electron chi connectivity index (χ0n) is 13.5. The van der Waals surface area contributed by atoms with E-state index in [1.165, 1.54) is 28.2 Å². The molecule has 0 aliphatic heterocycles. The Morgan fingerprint density at radius 1 is 1.05 bits per heavy atom. The molecule has 2 heteroatoms. The Labute approximate surface area is 122 Å². The molecule has 2 aromatic rings. The fraction of sp³-hybridized carbons (Fsp3) is 0.444. The summed E-state index contributed by atoms with van der Waals surface area (Å²) in [7, 11) is 2.12. The minimum Gasteiger partial charge on any atom is -0.381 e. The fourth-order valence-corrected chi connectivity index (χ4v) is 2.40. The Morgan fingerprint density at radius 3 is 2.10 bits per heavy atom. The molecular formula is C18H26N2. The van der Waals surface area contributed by atoms with Crippen LogP contribution in [-0.2, 0) is 19.0 Å². The first-order valence-electron chi connectivity index (χ1n) is 7.25. The summed E-state index contributed by atoms with van der Waals surface area (Å²) in [6, 6.07) is 11.0. The Hall–Kier alpha value is -1.70. The molecule has 1 aromatic heterocycles. The van der Waals surface area contributed by atoms with Gasteiger partial charge in [0.15, 0.2) is 0 Å². The summed E-state index contributed by atoms with van der Waals surface area (Å²) in [4.78, 5) is 0. The van der Waals surface area contributed by atoms with Crippen LogP contribution in [0.2, 0.25) is 0 Å². The Balaban J connectivity index is 2.06. The molecule has 0 aliphatic carbocycles. The van der Waals surface area contributed by atoms with Crippen LogP contribution < -0.4 is 5.32 Å². The van der Waals surface area contributed by atoms with Gasteiger partial charge in [-0.05, 0) is 48.6 Å². The third-order valence-electron chi connectivity index (χ3n) is 4.11. The van der Waals surface area contributed by atoms with Gasteiger partial charge in [-0.25, -0.2) is 0 Å². The molecule has 1 heterocycles. The Kier molecular flexibility index (Phi) is 3.94. The van der Waals surface area contributed by atoms with Gasteiger partial charge in [-0.3, -0.25) is 0 Å². The predicted octanol–water partition coefficient (Wildman–Crippen LogP) is 4.55. The maximum absolute atomic E-state index is 3.51. The van der Waals surface area contributed by atoms with Crippen molar-refractivity contribution in [1.29, 1.82) is 0 Å². The molecule has 1 aromatic carbocycles. The average Bonchev–Trinajstić information content (AvgIpc) is 2.63. The number of rotatable bonds is 3. The van der Waals surface area contributed by atoms with Crippen LogP contribution in [0.5, 0.6) is 0 Å². The van der Waals surface area contributed by atoms with E-state index in [4.69, 9.17) is 0 Å². The summed E-state index contributed by atoms with van der Waals surface area (Å²) in [5.41, 5.74) is 6.77. The maximum Gasteiger partial charge on any atom is 0.0418 e. The molecular weight excluding hydrogens is 244 g/mol. The molecule has 108 valence electrons. The van der Waals surface area contributed by atoms with Crippen molar-refractivity contribution in [3.63, 3.8) is 0 Å². The first-order valence-corrected chi connectivity index (χ1v) is 7.25. The molecule has 0 spiro atoms. The van der Waals surface area contributed by atoms with Crippen LogP contribution in [0, 0.1) is 13.8 Å². The van der Waals surface area contributed by atoms with Gasteiger partial charge in [0.05, 0.1) is 0 Å². The van der Waals surface area contributed by atoms with Gasteiger partial charge in [0, 0.05) is 30.7 Å². The molecule has 0 aliphatic rings. The van der Waals surface area contributed by atoms with E-state index in [1.807, 2.05) is 0 Å². The van der Waals surface area contributed by atoms with Crippen molar-refractivity contribution < 1.29 is 0 Å². The van der Waals surface area contributed by atoms with Crippen molar-refractivity contribution in [3.05, 3.63) is 52.8 Å². The summed E-state index contributed by atoms with van der Waals surface area (Å²) in [5, 5.41) is 3.51. The second kappa shape index (κ2) is 5.35. The third kappa shape index (κ3) is 3.06. The standard InChI is InChI=1S/C18H26N2/c1-13-11-15(14(2)20(13)6)12-19-17-9-7-16(8-10-17)18(3,4)5/h7-11,19H,12H2,1-6H3. The molecule has 0 bridgehead atoms. The lowest BCUT2D eigenvalue weighted by Crippen LogP contribution is -2.10. The molecule has 2 nitrogen and oxygen atoms in total. The Bertz CT molecular complexity index is 583. The number of nitrogens with zero attached hydrogens (tertiary/aromatic N) is 1. The Morgan fingerprint density at radius 2 is 1.65 bits per heavy atom. The van der Waals surface area contributed by atoms with E-state index >= 15 is 0 Å². The molecule has 0 unspecified atom stereocenters. The smallest absolute Gasteiger partial charge is 0.0418 e. The number of aromatic nitrogens is 1. The van der Waals surface area contributed by atoms with Gasteiger partial charge in [0.2, 0.25) is 0 Å². The van der Waals surface area contributed by atoms with E-state index in [0.29, 0.717) is 0 Å². The van der Waals surface area contributed by atoms with Gasteiger partial charge >= 0.3 is 0 Å². The summed E-state index contributed by atoms with van der Waals surface area (Å²) >= 11 is 0. The number of benzene rings is 1. The molecule has 1 N–H and O–H groups in total. The summed E-state index contributed by atoms with van der Waals surface area (Å²) in [6.07, 6.45) is 0. The van der Waals surface area contributed by atoms with Crippen LogP contribution in [-0.4, -0.2) is 4.57 Å². The second-order valence-corrected chi connectivity index (χ2v) is 6.64. The average molecular weight is 270 g/mol. The second-order valence-electron chi connectivity index (χ2n) is 6.64. The molecule has 0 radical (unpaired) electrons. The normalized spacial score (nSPS) is 11.7. The first-order chi connectivity index (χ1) is 9.29. The highest BCUT2D eigenvalue weighted by molar-refractivity contribution is 5.46. The van der Waals surface area contributed by atoms with Crippen LogP contribution in [0.15, 0.2) is 30.3 Å². The highest BCUT2D eigenvalue weighted by Crippen LogP contribution is 2.24. The number of nitrogens with one attached hydrogen (secondary N) is 1. The molecule has 2 rings (SSSR count). The summed E-state index contributed by atoms with van der Waals surface area (Å²) in [6.45, 7) is 11.9. The molecule has 0 fully saturated rings. The van der Waals surface area contributed by atoms with E-state index in [-0.39, 0.29) is 5.41 Å². The van der Waals surface area contributed by atoms with Crippen molar-refractivity contribution in [1.82, 2.24) is 4.57 Å². The zero-order chi connectivity index (χ0) is 14.9. The summed E-state index contributed by atoms with van der Waals surface area (Å²) in [5.74, 6) is 0. The molecule has 0 saturated heterocycles. The number of hydrogen-bond acceptors (Lipinski definition) is 1. The molecule has 0 atom stereocenters. The predicted molar refractivity (Wildman–Crippen MR) is 87.4 cm³/mol. The van der Waals surface area contributed by atoms with E-state index in [2.05, 4.69) is 81.9 Å². The highest BCUT2D eigenvalue weighted by Gasteiger charge is 2.12. The van der Waals surface area contributed by atoms with E-state index in [0.717, 1.165) is 6.54 Å².